The fourth-order valence-electron chi connectivity index (χ4n) is 2.67. The molecule has 1 atom stereocenters. The van der Waals surface area contributed by atoms with Crippen LogP contribution in [0.15, 0.2) is 18.5 Å². The number of nitrogens with one attached hydrogen (secondary N) is 1. The number of rotatable bonds is 2. The Morgan fingerprint density at radius 1 is 1.39 bits per heavy atom. The molecule has 122 valence electrons. The summed E-state index contributed by atoms with van der Waals surface area (Å²) in [6.45, 7) is 5.31. The number of amides is 2. The normalized spacial score (nSPS) is 18.0. The minimum absolute atomic E-state index is 0.182. The first kappa shape index (κ1) is 15.4. The summed E-state index contributed by atoms with van der Waals surface area (Å²) in [4.78, 5) is 18.5. The zero-order valence-corrected chi connectivity index (χ0v) is 13.5. The molecule has 8 heteroatoms. The second-order valence-electron chi connectivity index (χ2n) is 5.71. The Kier molecular flexibility index (Phi) is 4.24. The smallest absolute Gasteiger partial charge is 0.323 e. The quantitative estimate of drug-likeness (QED) is 0.906. The Morgan fingerprint density at radius 3 is 2.91 bits per heavy atom. The van der Waals surface area contributed by atoms with Gasteiger partial charge in [0.05, 0.1) is 13.2 Å². The van der Waals surface area contributed by atoms with E-state index in [4.69, 9.17) is 4.74 Å². The summed E-state index contributed by atoms with van der Waals surface area (Å²) in [5.41, 5.74) is 1.94. The predicted octanol–water partition coefficient (Wildman–Crippen LogP) is 1.43. The molecule has 0 unspecified atom stereocenters. The molecule has 23 heavy (non-hydrogen) atoms. The van der Waals surface area contributed by atoms with Gasteiger partial charge in [-0.15, -0.1) is 10.2 Å². The molecule has 1 aliphatic rings. The van der Waals surface area contributed by atoms with E-state index >= 15 is 0 Å². The number of carbonyl (C=O) groups is 1. The van der Waals surface area contributed by atoms with Crippen molar-refractivity contribution in [1.29, 1.82) is 0 Å². The number of aromatic nitrogens is 4. The summed E-state index contributed by atoms with van der Waals surface area (Å²) in [6.07, 6.45) is 1.35. The van der Waals surface area contributed by atoms with E-state index in [2.05, 4.69) is 20.5 Å². The molecule has 8 nitrogen and oxygen atoms in total. The number of anilines is 1. The summed E-state index contributed by atoms with van der Waals surface area (Å²) < 4.78 is 7.51. The van der Waals surface area contributed by atoms with Crippen molar-refractivity contribution in [2.24, 2.45) is 7.05 Å². The van der Waals surface area contributed by atoms with Crippen LogP contribution in [0.25, 0.3) is 0 Å². The SMILES string of the molecule is Cc1cc(C)nc(NC(=O)N2CCO[C@@H](c3nncn3C)C2)c1. The number of urea groups is 1. The highest BCUT2D eigenvalue weighted by atomic mass is 16.5. The van der Waals surface area contributed by atoms with E-state index in [0.29, 0.717) is 31.3 Å². The van der Waals surface area contributed by atoms with Gasteiger partial charge in [0.2, 0.25) is 0 Å². The number of nitrogens with zero attached hydrogens (tertiary/aromatic N) is 5. The maximum absolute atomic E-state index is 12.5. The summed E-state index contributed by atoms with van der Waals surface area (Å²) in [7, 11) is 1.86. The third-order valence-corrected chi connectivity index (χ3v) is 3.72. The third kappa shape index (κ3) is 3.48. The van der Waals surface area contributed by atoms with E-state index < -0.39 is 0 Å². The van der Waals surface area contributed by atoms with Gasteiger partial charge in [0, 0.05) is 19.3 Å². The molecule has 3 rings (SSSR count). The summed E-state index contributed by atoms with van der Waals surface area (Å²) >= 11 is 0. The molecular formula is C15H20N6O2. The monoisotopic (exact) mass is 316 g/mol. The first-order valence-corrected chi connectivity index (χ1v) is 7.49. The lowest BCUT2D eigenvalue weighted by atomic mass is 10.2. The van der Waals surface area contributed by atoms with Gasteiger partial charge < -0.3 is 14.2 Å². The van der Waals surface area contributed by atoms with Crippen molar-refractivity contribution >= 4 is 11.8 Å². The molecular weight excluding hydrogens is 296 g/mol. The molecule has 2 aromatic rings. The number of hydrogen-bond donors (Lipinski definition) is 1. The van der Waals surface area contributed by atoms with Crippen molar-refractivity contribution in [1.82, 2.24) is 24.6 Å². The van der Waals surface area contributed by atoms with Crippen LogP contribution in [0.1, 0.15) is 23.2 Å². The Labute approximate surface area is 134 Å². The van der Waals surface area contributed by atoms with Crippen LogP contribution < -0.4 is 5.32 Å². The highest BCUT2D eigenvalue weighted by Crippen LogP contribution is 2.20. The molecule has 3 heterocycles. The first-order chi connectivity index (χ1) is 11.0. The van der Waals surface area contributed by atoms with Crippen LogP contribution in [-0.2, 0) is 11.8 Å². The van der Waals surface area contributed by atoms with E-state index in [9.17, 15) is 4.79 Å². The van der Waals surface area contributed by atoms with E-state index in [1.54, 1.807) is 15.8 Å². The maximum Gasteiger partial charge on any atom is 0.323 e. The second kappa shape index (κ2) is 6.33. The molecule has 1 N–H and O–H groups in total. The molecule has 0 spiro atoms. The van der Waals surface area contributed by atoms with Crippen LogP contribution in [0.4, 0.5) is 10.6 Å². The van der Waals surface area contributed by atoms with Crippen molar-refractivity contribution < 1.29 is 9.53 Å². The van der Waals surface area contributed by atoms with Gasteiger partial charge in [-0.25, -0.2) is 9.78 Å². The Balaban J connectivity index is 1.68. The van der Waals surface area contributed by atoms with Crippen LogP contribution in [0, 0.1) is 13.8 Å². The number of ether oxygens (including phenoxy) is 1. The summed E-state index contributed by atoms with van der Waals surface area (Å²) in [5.74, 6) is 1.28. The first-order valence-electron chi connectivity index (χ1n) is 7.49. The predicted molar refractivity (Wildman–Crippen MR) is 84.0 cm³/mol. The molecule has 1 fully saturated rings. The minimum atomic E-state index is -0.269. The Hall–Kier alpha value is -2.48. The average Bonchev–Trinajstić information content (AvgIpc) is 2.92. The van der Waals surface area contributed by atoms with Gasteiger partial charge >= 0.3 is 6.03 Å². The van der Waals surface area contributed by atoms with Gasteiger partial charge in [-0.1, -0.05) is 0 Å². The van der Waals surface area contributed by atoms with Gasteiger partial charge in [0.1, 0.15) is 18.2 Å². The molecule has 0 radical (unpaired) electrons. The molecule has 0 saturated carbocycles. The number of pyridine rings is 1. The van der Waals surface area contributed by atoms with Crippen LogP contribution in [0.5, 0.6) is 0 Å². The standard InChI is InChI=1S/C15H20N6O2/c1-10-6-11(2)17-13(7-10)18-15(22)21-4-5-23-12(8-21)14-19-16-9-20(14)3/h6-7,9,12H,4-5,8H2,1-3H3,(H,17,18,22)/t12-/m1/s1. The van der Waals surface area contributed by atoms with E-state index in [-0.39, 0.29) is 12.1 Å². The van der Waals surface area contributed by atoms with Crippen LogP contribution in [-0.4, -0.2) is 50.4 Å². The van der Waals surface area contributed by atoms with Gasteiger partial charge in [-0.2, -0.15) is 0 Å². The van der Waals surface area contributed by atoms with Crippen molar-refractivity contribution in [3.8, 4) is 0 Å². The zero-order valence-electron chi connectivity index (χ0n) is 13.5. The Morgan fingerprint density at radius 2 is 2.22 bits per heavy atom. The van der Waals surface area contributed by atoms with Crippen molar-refractivity contribution in [2.75, 3.05) is 25.0 Å². The van der Waals surface area contributed by atoms with E-state index in [1.807, 2.05) is 33.0 Å². The molecule has 0 aliphatic carbocycles. The molecule has 0 bridgehead atoms. The molecule has 2 amide bonds. The van der Waals surface area contributed by atoms with Crippen molar-refractivity contribution in [3.63, 3.8) is 0 Å². The van der Waals surface area contributed by atoms with Crippen molar-refractivity contribution in [3.05, 3.63) is 35.5 Å². The van der Waals surface area contributed by atoms with Gasteiger partial charge in [0.25, 0.3) is 0 Å². The zero-order chi connectivity index (χ0) is 16.4. The van der Waals surface area contributed by atoms with Crippen molar-refractivity contribution in [2.45, 2.75) is 20.0 Å². The number of morpholine rings is 1. The van der Waals surface area contributed by atoms with Gasteiger partial charge in [-0.05, 0) is 31.5 Å². The molecule has 1 aliphatic heterocycles. The lowest BCUT2D eigenvalue weighted by Gasteiger charge is -2.32. The fourth-order valence-corrected chi connectivity index (χ4v) is 2.67. The van der Waals surface area contributed by atoms with Crippen LogP contribution in [0.2, 0.25) is 0 Å². The molecule has 0 aromatic carbocycles. The van der Waals surface area contributed by atoms with Crippen LogP contribution >= 0.6 is 0 Å². The topological polar surface area (TPSA) is 85.2 Å². The number of carbonyl (C=O) groups excluding carboxylic acids is 1. The Bertz CT molecular complexity index is 693. The van der Waals surface area contributed by atoms with E-state index in [0.717, 1.165) is 11.3 Å². The fraction of sp³-hybridized carbons (Fsp3) is 0.467. The van der Waals surface area contributed by atoms with E-state index in [1.165, 1.54) is 0 Å². The molecule has 1 saturated heterocycles. The minimum Gasteiger partial charge on any atom is -0.366 e. The maximum atomic E-state index is 12.5. The summed E-state index contributed by atoms with van der Waals surface area (Å²) in [6, 6.07) is 3.64. The summed E-state index contributed by atoms with van der Waals surface area (Å²) in [5, 5.41) is 10.8. The third-order valence-electron chi connectivity index (χ3n) is 3.72. The second-order valence-corrected chi connectivity index (χ2v) is 5.71. The lowest BCUT2D eigenvalue weighted by molar-refractivity contribution is -0.0196. The van der Waals surface area contributed by atoms with Gasteiger partial charge in [0.15, 0.2) is 5.82 Å². The molecule has 2 aromatic heterocycles. The number of hydrogen-bond acceptors (Lipinski definition) is 5. The van der Waals surface area contributed by atoms with Gasteiger partial charge in [-0.3, -0.25) is 5.32 Å². The highest BCUT2D eigenvalue weighted by Gasteiger charge is 2.28. The largest absolute Gasteiger partial charge is 0.366 e. The number of aryl methyl sites for hydroxylation is 3. The lowest BCUT2D eigenvalue weighted by Crippen LogP contribution is -2.45. The van der Waals surface area contributed by atoms with Crippen LogP contribution in [0.3, 0.4) is 0 Å². The average molecular weight is 316 g/mol. The highest BCUT2D eigenvalue weighted by molar-refractivity contribution is 5.88.